The zero-order valence-electron chi connectivity index (χ0n) is 24.9. The van der Waals surface area contributed by atoms with Gasteiger partial charge in [-0.05, 0) is 62.1 Å². The van der Waals surface area contributed by atoms with Crippen molar-refractivity contribution in [3.8, 4) is 0 Å². The SMILES string of the molecule is CC(C)N(C[C@H]1O[C@@H](n2cnc3c(N)ncnc32)[C@H](O)[C@@H]1O)[C@]1(O)C[C@@H](CCc2nc3cc(C(C)(C)C)ccc3[nH]2)C1. The van der Waals surface area contributed by atoms with Gasteiger partial charge in [-0.15, -0.1) is 0 Å². The van der Waals surface area contributed by atoms with Gasteiger partial charge in [-0.1, -0.05) is 26.8 Å². The van der Waals surface area contributed by atoms with Crippen molar-refractivity contribution < 1.29 is 20.1 Å². The minimum absolute atomic E-state index is 0.00283. The first-order valence-corrected chi connectivity index (χ1v) is 14.8. The van der Waals surface area contributed by atoms with Gasteiger partial charge in [0, 0.05) is 19.0 Å². The fourth-order valence-electron chi connectivity index (χ4n) is 6.51. The normalized spacial score (nSPS) is 28.4. The average Bonchev–Trinajstić information content (AvgIpc) is 3.60. The maximum atomic E-state index is 11.6. The van der Waals surface area contributed by atoms with Crippen molar-refractivity contribution in [2.24, 2.45) is 5.92 Å². The number of nitrogens with zero attached hydrogens (tertiary/aromatic N) is 6. The molecule has 12 nitrogen and oxygen atoms in total. The summed E-state index contributed by atoms with van der Waals surface area (Å²) in [4.78, 5) is 22.7. The Bertz CT molecular complexity index is 1570. The highest BCUT2D eigenvalue weighted by molar-refractivity contribution is 5.81. The molecular formula is C30H42N8O4. The number of ether oxygens (including phenoxy) is 1. The number of hydrogen-bond acceptors (Lipinski definition) is 10. The number of rotatable bonds is 8. The fraction of sp³-hybridized carbons (Fsp3) is 0.600. The number of aromatic amines is 1. The van der Waals surface area contributed by atoms with Gasteiger partial charge in [-0.3, -0.25) is 9.47 Å². The van der Waals surface area contributed by atoms with Crippen LogP contribution in [0.15, 0.2) is 30.9 Å². The molecule has 2 fully saturated rings. The Kier molecular flexibility index (Phi) is 7.25. The topological polar surface area (TPSA) is 171 Å². The molecule has 1 saturated heterocycles. The number of aliphatic hydroxyl groups is 3. The van der Waals surface area contributed by atoms with Gasteiger partial charge in [-0.25, -0.2) is 19.9 Å². The van der Waals surface area contributed by atoms with Crippen molar-refractivity contribution >= 4 is 28.0 Å². The van der Waals surface area contributed by atoms with E-state index in [4.69, 9.17) is 15.5 Å². The van der Waals surface area contributed by atoms with Gasteiger partial charge in [0.1, 0.15) is 41.7 Å². The number of nitrogen functional groups attached to an aromatic ring is 1. The van der Waals surface area contributed by atoms with Crippen LogP contribution in [0.5, 0.6) is 0 Å². The molecule has 1 aromatic carbocycles. The number of fused-ring (bicyclic) bond motifs is 2. The Morgan fingerprint density at radius 3 is 2.64 bits per heavy atom. The molecule has 1 saturated carbocycles. The molecular weight excluding hydrogens is 536 g/mol. The maximum absolute atomic E-state index is 11.6. The van der Waals surface area contributed by atoms with E-state index < -0.39 is 30.3 Å². The minimum atomic E-state index is -1.20. The first-order valence-electron chi connectivity index (χ1n) is 14.8. The Morgan fingerprint density at radius 2 is 1.93 bits per heavy atom. The molecule has 0 bridgehead atoms. The second-order valence-electron chi connectivity index (χ2n) is 13.3. The number of aliphatic hydroxyl groups excluding tert-OH is 2. The number of benzene rings is 1. The highest BCUT2D eigenvalue weighted by Crippen LogP contribution is 2.44. The van der Waals surface area contributed by atoms with Crippen molar-refractivity contribution in [1.82, 2.24) is 34.4 Å². The van der Waals surface area contributed by atoms with Crippen LogP contribution < -0.4 is 5.73 Å². The molecule has 4 atom stereocenters. The van der Waals surface area contributed by atoms with E-state index in [-0.39, 0.29) is 23.8 Å². The van der Waals surface area contributed by atoms with E-state index in [1.807, 2.05) is 18.7 Å². The van der Waals surface area contributed by atoms with E-state index in [0.29, 0.717) is 29.9 Å². The summed E-state index contributed by atoms with van der Waals surface area (Å²) in [5.41, 5.74) is 9.09. The van der Waals surface area contributed by atoms with Gasteiger partial charge in [0.25, 0.3) is 0 Å². The second kappa shape index (κ2) is 10.5. The summed E-state index contributed by atoms with van der Waals surface area (Å²) in [6.07, 6.45) is 1.80. The summed E-state index contributed by atoms with van der Waals surface area (Å²) in [5, 5.41) is 33.5. The van der Waals surface area contributed by atoms with Crippen molar-refractivity contribution in [2.45, 2.75) is 102 Å². The largest absolute Gasteiger partial charge is 0.387 e. The van der Waals surface area contributed by atoms with Crippen molar-refractivity contribution in [3.63, 3.8) is 0 Å². The standard InChI is InChI=1S/C30H42N8O4/c1-16(2)38(13-21-24(39)25(40)28(42-21)37-15-34-23-26(31)32-14-33-27(23)37)30(41)11-17(12-30)6-9-22-35-19-8-7-18(29(3,4)5)10-20(19)36-22/h7-8,10,14-17,21,24-25,28,39-41H,6,9,11-13H2,1-5H3,(H,35,36)(H2,31,32,33)/t17-,21-,24-,25-,28-,30+/m1/s1. The fourth-order valence-corrected chi connectivity index (χ4v) is 6.51. The molecule has 2 aliphatic rings. The van der Waals surface area contributed by atoms with Gasteiger partial charge in [0.15, 0.2) is 17.7 Å². The monoisotopic (exact) mass is 578 g/mol. The van der Waals surface area contributed by atoms with E-state index in [1.165, 1.54) is 18.2 Å². The van der Waals surface area contributed by atoms with Gasteiger partial charge < -0.3 is 30.8 Å². The smallest absolute Gasteiger partial charge is 0.167 e. The van der Waals surface area contributed by atoms with Crippen molar-refractivity contribution in [1.29, 1.82) is 0 Å². The molecule has 226 valence electrons. The second-order valence-corrected chi connectivity index (χ2v) is 13.3. The lowest BCUT2D eigenvalue weighted by Crippen LogP contribution is -2.62. The van der Waals surface area contributed by atoms with Crippen molar-refractivity contribution in [3.05, 3.63) is 42.2 Å². The van der Waals surface area contributed by atoms with Crippen LogP contribution in [0.1, 0.15) is 71.5 Å². The molecule has 0 spiro atoms. The number of imidazole rings is 2. The summed E-state index contributed by atoms with van der Waals surface area (Å²) in [6, 6.07) is 6.42. The highest BCUT2D eigenvalue weighted by Gasteiger charge is 2.51. The summed E-state index contributed by atoms with van der Waals surface area (Å²) < 4.78 is 7.74. The summed E-state index contributed by atoms with van der Waals surface area (Å²) in [7, 11) is 0. The Hall–Kier alpha value is -3.16. The Morgan fingerprint density at radius 1 is 1.17 bits per heavy atom. The van der Waals surface area contributed by atoms with Crippen LogP contribution in [-0.4, -0.2) is 86.3 Å². The zero-order valence-corrected chi connectivity index (χ0v) is 24.9. The molecule has 6 N–H and O–H groups in total. The van der Waals surface area contributed by atoms with Crippen LogP contribution in [-0.2, 0) is 16.6 Å². The Balaban J connectivity index is 1.09. The molecule has 4 aromatic rings. The minimum Gasteiger partial charge on any atom is -0.387 e. The van der Waals surface area contributed by atoms with Crippen LogP contribution in [0.25, 0.3) is 22.2 Å². The first-order chi connectivity index (χ1) is 19.8. The molecule has 0 amide bonds. The van der Waals surface area contributed by atoms with Crippen LogP contribution >= 0.6 is 0 Å². The van der Waals surface area contributed by atoms with Crippen LogP contribution in [0.3, 0.4) is 0 Å². The molecule has 6 rings (SSSR count). The molecule has 0 radical (unpaired) electrons. The van der Waals surface area contributed by atoms with E-state index >= 15 is 0 Å². The predicted molar refractivity (Wildman–Crippen MR) is 158 cm³/mol. The maximum Gasteiger partial charge on any atom is 0.167 e. The third-order valence-corrected chi connectivity index (χ3v) is 8.95. The summed E-state index contributed by atoms with van der Waals surface area (Å²) in [6.45, 7) is 10.9. The third-order valence-electron chi connectivity index (χ3n) is 8.95. The summed E-state index contributed by atoms with van der Waals surface area (Å²) >= 11 is 0. The molecule has 3 aromatic heterocycles. The quantitative estimate of drug-likeness (QED) is 0.196. The molecule has 12 heteroatoms. The van der Waals surface area contributed by atoms with Gasteiger partial charge >= 0.3 is 0 Å². The van der Waals surface area contributed by atoms with Crippen LogP contribution in [0.4, 0.5) is 5.82 Å². The molecule has 42 heavy (non-hydrogen) atoms. The number of nitrogens with one attached hydrogen (secondary N) is 1. The van der Waals surface area contributed by atoms with Crippen molar-refractivity contribution in [2.75, 3.05) is 12.3 Å². The molecule has 0 unspecified atom stereocenters. The van der Waals surface area contributed by atoms with Gasteiger partial charge in [-0.2, -0.15) is 0 Å². The molecule has 4 heterocycles. The third kappa shape index (κ3) is 5.15. The number of nitrogens with two attached hydrogens (primary N) is 1. The Labute approximate surface area is 245 Å². The zero-order chi connectivity index (χ0) is 30.0. The van der Waals surface area contributed by atoms with Gasteiger partial charge in [0.2, 0.25) is 0 Å². The highest BCUT2D eigenvalue weighted by atomic mass is 16.6. The molecule has 1 aliphatic heterocycles. The predicted octanol–water partition coefficient (Wildman–Crippen LogP) is 2.64. The van der Waals surface area contributed by atoms with E-state index in [2.05, 4.69) is 58.9 Å². The van der Waals surface area contributed by atoms with Crippen LogP contribution in [0.2, 0.25) is 0 Å². The van der Waals surface area contributed by atoms with E-state index in [0.717, 1.165) is 29.7 Å². The number of aryl methyl sites for hydroxylation is 1. The number of aromatic nitrogens is 6. The number of hydrogen-bond donors (Lipinski definition) is 5. The van der Waals surface area contributed by atoms with E-state index in [1.54, 1.807) is 4.57 Å². The summed E-state index contributed by atoms with van der Waals surface area (Å²) in [5.74, 6) is 1.55. The lowest BCUT2D eigenvalue weighted by Gasteiger charge is -2.53. The van der Waals surface area contributed by atoms with Crippen LogP contribution in [0, 0.1) is 5.92 Å². The van der Waals surface area contributed by atoms with E-state index in [9.17, 15) is 15.3 Å². The number of H-pyrrole nitrogens is 1. The average molecular weight is 579 g/mol. The lowest BCUT2D eigenvalue weighted by atomic mass is 9.72. The first kappa shape index (κ1) is 28.9. The number of anilines is 1. The van der Waals surface area contributed by atoms with Gasteiger partial charge in [0.05, 0.1) is 17.4 Å². The molecule has 1 aliphatic carbocycles. The lowest BCUT2D eigenvalue weighted by molar-refractivity contribution is -0.212.